The third-order valence-electron chi connectivity index (χ3n) is 2.55. The predicted octanol–water partition coefficient (Wildman–Crippen LogP) is 0.621. The zero-order valence-corrected chi connectivity index (χ0v) is 13.0. The van der Waals surface area contributed by atoms with Crippen molar-refractivity contribution in [1.29, 1.82) is 0 Å². The second kappa shape index (κ2) is 8.85. The van der Waals surface area contributed by atoms with Crippen LogP contribution in [0.1, 0.15) is 33.1 Å². The van der Waals surface area contributed by atoms with E-state index < -0.39 is 10.0 Å². The van der Waals surface area contributed by atoms with Gasteiger partial charge in [-0.15, -0.1) is 0 Å². The molecule has 0 heterocycles. The highest BCUT2D eigenvalue weighted by molar-refractivity contribution is 7.89. The molecule has 0 saturated carbocycles. The largest absolute Gasteiger partial charge is 0.330 e. The van der Waals surface area contributed by atoms with Crippen molar-refractivity contribution in [2.24, 2.45) is 11.7 Å². The van der Waals surface area contributed by atoms with Crippen molar-refractivity contribution in [3.8, 4) is 0 Å². The molecule has 0 aliphatic carbocycles. The summed E-state index contributed by atoms with van der Waals surface area (Å²) in [5.74, 6) is 0.647. The monoisotopic (exact) mass is 279 g/mol. The van der Waals surface area contributed by atoms with Crippen molar-refractivity contribution < 1.29 is 8.42 Å². The smallest absolute Gasteiger partial charge is 0.211 e. The van der Waals surface area contributed by atoms with Crippen LogP contribution in [0.3, 0.4) is 0 Å². The Hall–Kier alpha value is -0.170. The molecule has 110 valence electrons. The summed E-state index contributed by atoms with van der Waals surface area (Å²) in [6, 6.07) is -0.0112. The van der Waals surface area contributed by atoms with E-state index in [2.05, 4.69) is 18.6 Å². The Morgan fingerprint density at radius 3 is 2.28 bits per heavy atom. The standard InChI is InChI=1S/C12H29N3O2S/c1-11(2)9-12(10-15(3)4)14-18(16,17)8-6-5-7-13/h11-12,14H,5-10,13H2,1-4H3. The fourth-order valence-corrected chi connectivity index (χ4v) is 3.30. The molecule has 1 unspecified atom stereocenters. The number of sulfonamides is 1. The Bertz CT molecular complexity index is 292. The molecule has 0 fully saturated rings. The molecule has 0 aromatic carbocycles. The second-order valence-electron chi connectivity index (χ2n) is 5.52. The number of hydrogen-bond acceptors (Lipinski definition) is 4. The summed E-state index contributed by atoms with van der Waals surface area (Å²) < 4.78 is 26.6. The zero-order chi connectivity index (χ0) is 14.2. The van der Waals surface area contributed by atoms with Crippen LogP contribution in [0.5, 0.6) is 0 Å². The highest BCUT2D eigenvalue weighted by atomic mass is 32.2. The van der Waals surface area contributed by atoms with E-state index in [-0.39, 0.29) is 11.8 Å². The summed E-state index contributed by atoms with van der Waals surface area (Å²) in [6.45, 7) is 5.48. The van der Waals surface area contributed by atoms with Crippen LogP contribution in [-0.4, -0.2) is 52.3 Å². The Morgan fingerprint density at radius 2 is 1.83 bits per heavy atom. The van der Waals surface area contributed by atoms with E-state index >= 15 is 0 Å². The molecule has 0 aliphatic rings. The molecular weight excluding hydrogens is 250 g/mol. The summed E-state index contributed by atoms with van der Waals surface area (Å²) in [7, 11) is 0.732. The maximum absolute atomic E-state index is 11.9. The molecule has 0 amide bonds. The van der Waals surface area contributed by atoms with Gasteiger partial charge in [-0.1, -0.05) is 13.8 Å². The third kappa shape index (κ3) is 9.82. The quantitative estimate of drug-likeness (QED) is 0.575. The number of nitrogens with two attached hydrogens (primary N) is 1. The summed E-state index contributed by atoms with van der Waals surface area (Å²) in [5.41, 5.74) is 5.37. The van der Waals surface area contributed by atoms with Gasteiger partial charge in [0.15, 0.2) is 0 Å². The minimum atomic E-state index is -3.18. The number of hydrogen-bond donors (Lipinski definition) is 2. The molecule has 0 aromatic rings. The molecule has 0 bridgehead atoms. The molecular formula is C12H29N3O2S. The van der Waals surface area contributed by atoms with Crippen molar-refractivity contribution in [3.05, 3.63) is 0 Å². The predicted molar refractivity (Wildman–Crippen MR) is 77.0 cm³/mol. The maximum atomic E-state index is 11.9. The van der Waals surface area contributed by atoms with Gasteiger partial charge in [-0.25, -0.2) is 13.1 Å². The molecule has 0 rings (SSSR count). The lowest BCUT2D eigenvalue weighted by Crippen LogP contribution is -2.43. The van der Waals surface area contributed by atoms with E-state index in [0.717, 1.165) is 19.4 Å². The fourth-order valence-electron chi connectivity index (χ4n) is 1.92. The van der Waals surface area contributed by atoms with Gasteiger partial charge in [0, 0.05) is 12.6 Å². The van der Waals surface area contributed by atoms with Gasteiger partial charge in [0.1, 0.15) is 0 Å². The summed E-state index contributed by atoms with van der Waals surface area (Å²) >= 11 is 0. The number of nitrogens with one attached hydrogen (secondary N) is 1. The van der Waals surface area contributed by atoms with Crippen molar-refractivity contribution >= 4 is 10.0 Å². The molecule has 6 heteroatoms. The van der Waals surface area contributed by atoms with E-state index in [9.17, 15) is 8.42 Å². The number of likely N-dealkylation sites (N-methyl/N-ethyl adjacent to an activating group) is 1. The molecule has 3 N–H and O–H groups in total. The Labute approximate surface area is 112 Å². The number of nitrogens with zero attached hydrogens (tertiary/aromatic N) is 1. The van der Waals surface area contributed by atoms with E-state index in [1.165, 1.54) is 0 Å². The average molecular weight is 279 g/mol. The first kappa shape index (κ1) is 17.8. The first-order chi connectivity index (χ1) is 8.26. The Kier molecular flexibility index (Phi) is 8.77. The van der Waals surface area contributed by atoms with Crippen molar-refractivity contribution in [1.82, 2.24) is 9.62 Å². The van der Waals surface area contributed by atoms with Gasteiger partial charge < -0.3 is 10.6 Å². The Morgan fingerprint density at radius 1 is 1.22 bits per heavy atom. The summed E-state index contributed by atoms with van der Waals surface area (Å²) in [5, 5.41) is 0. The molecule has 0 aromatic heterocycles. The van der Waals surface area contributed by atoms with Crippen molar-refractivity contribution in [2.45, 2.75) is 39.2 Å². The van der Waals surface area contributed by atoms with Crippen molar-refractivity contribution in [3.63, 3.8) is 0 Å². The highest BCUT2D eigenvalue weighted by Gasteiger charge is 2.19. The molecule has 18 heavy (non-hydrogen) atoms. The van der Waals surface area contributed by atoms with Gasteiger partial charge in [-0.3, -0.25) is 0 Å². The minimum absolute atomic E-state index is 0.0112. The van der Waals surface area contributed by atoms with Gasteiger partial charge in [0.25, 0.3) is 0 Å². The molecule has 5 nitrogen and oxygen atoms in total. The first-order valence-corrected chi connectivity index (χ1v) is 8.27. The van der Waals surface area contributed by atoms with Gasteiger partial charge in [0.05, 0.1) is 5.75 Å². The molecule has 0 saturated heterocycles. The highest BCUT2D eigenvalue weighted by Crippen LogP contribution is 2.07. The SMILES string of the molecule is CC(C)CC(CN(C)C)NS(=O)(=O)CCCCN. The number of rotatable bonds is 10. The molecule has 0 aliphatic heterocycles. The maximum Gasteiger partial charge on any atom is 0.211 e. The normalized spacial score (nSPS) is 14.4. The van der Waals surface area contributed by atoms with E-state index in [1.807, 2.05) is 19.0 Å². The lowest BCUT2D eigenvalue weighted by Gasteiger charge is -2.23. The Balaban J connectivity index is 4.35. The van der Waals surface area contributed by atoms with Crippen molar-refractivity contribution in [2.75, 3.05) is 32.9 Å². The lowest BCUT2D eigenvalue weighted by molar-refractivity contribution is 0.329. The van der Waals surface area contributed by atoms with Crippen LogP contribution in [0.4, 0.5) is 0 Å². The van der Waals surface area contributed by atoms with Crippen LogP contribution in [-0.2, 0) is 10.0 Å². The molecule has 0 spiro atoms. The molecule has 1 atom stereocenters. The van der Waals surface area contributed by atoms with Gasteiger partial charge in [-0.2, -0.15) is 0 Å². The minimum Gasteiger partial charge on any atom is -0.330 e. The summed E-state index contributed by atoms with van der Waals surface area (Å²) in [4.78, 5) is 2.01. The third-order valence-corrected chi connectivity index (χ3v) is 4.07. The van der Waals surface area contributed by atoms with Crippen LogP contribution >= 0.6 is 0 Å². The van der Waals surface area contributed by atoms with E-state index in [0.29, 0.717) is 18.9 Å². The second-order valence-corrected chi connectivity index (χ2v) is 7.39. The lowest BCUT2D eigenvalue weighted by atomic mass is 10.0. The first-order valence-electron chi connectivity index (χ1n) is 6.61. The van der Waals surface area contributed by atoms with E-state index in [4.69, 9.17) is 5.73 Å². The van der Waals surface area contributed by atoms with Crippen LogP contribution < -0.4 is 10.5 Å². The van der Waals surface area contributed by atoms with Crippen LogP contribution in [0, 0.1) is 5.92 Å². The fraction of sp³-hybridized carbons (Fsp3) is 1.00. The average Bonchev–Trinajstić information content (AvgIpc) is 2.14. The van der Waals surface area contributed by atoms with E-state index in [1.54, 1.807) is 0 Å². The van der Waals surface area contributed by atoms with Gasteiger partial charge >= 0.3 is 0 Å². The van der Waals surface area contributed by atoms with Crippen LogP contribution in [0.25, 0.3) is 0 Å². The summed E-state index contributed by atoms with van der Waals surface area (Å²) in [6.07, 6.45) is 2.24. The van der Waals surface area contributed by atoms with Gasteiger partial charge in [-0.05, 0) is 45.8 Å². The zero-order valence-electron chi connectivity index (χ0n) is 12.1. The van der Waals surface area contributed by atoms with Crippen LogP contribution in [0.2, 0.25) is 0 Å². The molecule has 0 radical (unpaired) electrons. The topological polar surface area (TPSA) is 75.4 Å². The van der Waals surface area contributed by atoms with Gasteiger partial charge in [0.2, 0.25) is 10.0 Å². The van der Waals surface area contributed by atoms with Crippen LogP contribution in [0.15, 0.2) is 0 Å². The number of unbranched alkanes of at least 4 members (excludes halogenated alkanes) is 1.